The summed E-state index contributed by atoms with van der Waals surface area (Å²) in [4.78, 5) is 25.2. The monoisotopic (exact) mass is 376 g/mol. The molecule has 0 unspecified atom stereocenters. The standard InChI is InChI=1S/C21H20N4O3/c1-24(2)18-6-3-5-16(13-18)20(26)23-22-14-19-7-4-12-25(19)17-10-8-15(9-11-17)21(27)28/h3-14H,1-2H3,(H,23,26)(H,27,28)/b22-14-. The number of amides is 1. The van der Waals surface area contributed by atoms with Crippen molar-refractivity contribution in [1.82, 2.24) is 9.99 Å². The molecule has 1 heterocycles. The van der Waals surface area contributed by atoms with Crippen LogP contribution in [0.15, 0.2) is 72.0 Å². The third-order valence-electron chi connectivity index (χ3n) is 4.16. The van der Waals surface area contributed by atoms with Gasteiger partial charge in [0.1, 0.15) is 0 Å². The predicted octanol–water partition coefficient (Wildman–Crippen LogP) is 3.01. The summed E-state index contributed by atoms with van der Waals surface area (Å²) in [5.41, 5.74) is 5.72. The summed E-state index contributed by atoms with van der Waals surface area (Å²) in [6.07, 6.45) is 3.37. The van der Waals surface area contributed by atoms with Gasteiger partial charge in [-0.3, -0.25) is 4.79 Å². The van der Waals surface area contributed by atoms with Gasteiger partial charge in [0, 0.05) is 37.2 Å². The summed E-state index contributed by atoms with van der Waals surface area (Å²) in [5.74, 6) is -1.27. The Morgan fingerprint density at radius 2 is 1.79 bits per heavy atom. The van der Waals surface area contributed by atoms with Gasteiger partial charge in [0.15, 0.2) is 0 Å². The van der Waals surface area contributed by atoms with E-state index in [1.165, 1.54) is 12.1 Å². The van der Waals surface area contributed by atoms with Crippen molar-refractivity contribution in [3.63, 3.8) is 0 Å². The molecule has 7 nitrogen and oxygen atoms in total. The molecule has 2 N–H and O–H groups in total. The smallest absolute Gasteiger partial charge is 0.335 e. The molecule has 0 atom stereocenters. The molecule has 0 radical (unpaired) electrons. The second-order valence-corrected chi connectivity index (χ2v) is 6.30. The lowest BCUT2D eigenvalue weighted by atomic mass is 10.2. The van der Waals surface area contributed by atoms with Gasteiger partial charge in [0.25, 0.3) is 5.91 Å². The first-order chi connectivity index (χ1) is 13.5. The summed E-state index contributed by atoms with van der Waals surface area (Å²) in [5, 5.41) is 13.0. The number of carbonyl (C=O) groups is 2. The maximum atomic E-state index is 12.3. The zero-order valence-electron chi connectivity index (χ0n) is 15.5. The van der Waals surface area contributed by atoms with Gasteiger partial charge in [-0.25, -0.2) is 10.2 Å². The van der Waals surface area contributed by atoms with E-state index in [-0.39, 0.29) is 11.5 Å². The lowest BCUT2D eigenvalue weighted by molar-refractivity contribution is 0.0696. The Balaban J connectivity index is 1.72. The van der Waals surface area contributed by atoms with Crippen LogP contribution in [0.25, 0.3) is 5.69 Å². The quantitative estimate of drug-likeness (QED) is 0.511. The Bertz CT molecular complexity index is 1020. The zero-order chi connectivity index (χ0) is 20.1. The second kappa shape index (κ2) is 8.22. The van der Waals surface area contributed by atoms with E-state index in [1.54, 1.807) is 30.5 Å². The average molecular weight is 376 g/mol. The SMILES string of the molecule is CN(C)c1cccc(C(=O)N/N=C\c2cccn2-c2ccc(C(=O)O)cc2)c1. The zero-order valence-corrected chi connectivity index (χ0v) is 15.5. The minimum Gasteiger partial charge on any atom is -0.478 e. The van der Waals surface area contributed by atoms with E-state index in [0.29, 0.717) is 5.56 Å². The number of aromatic nitrogens is 1. The average Bonchev–Trinajstić information content (AvgIpc) is 3.16. The fourth-order valence-corrected chi connectivity index (χ4v) is 2.65. The Kier molecular flexibility index (Phi) is 5.55. The number of nitrogens with zero attached hydrogens (tertiary/aromatic N) is 3. The Morgan fingerprint density at radius 1 is 1.04 bits per heavy atom. The van der Waals surface area contributed by atoms with Crippen LogP contribution in [0.3, 0.4) is 0 Å². The first-order valence-corrected chi connectivity index (χ1v) is 8.57. The first kappa shape index (κ1) is 18.9. The number of nitrogens with one attached hydrogen (secondary N) is 1. The molecule has 0 aliphatic heterocycles. The third-order valence-corrected chi connectivity index (χ3v) is 4.16. The molecule has 2 aromatic carbocycles. The van der Waals surface area contributed by atoms with Crippen molar-refractivity contribution < 1.29 is 14.7 Å². The minimum atomic E-state index is -0.970. The molecule has 0 aliphatic carbocycles. The molecule has 0 aliphatic rings. The van der Waals surface area contributed by atoms with E-state index >= 15 is 0 Å². The number of aromatic carboxylic acids is 1. The highest BCUT2D eigenvalue weighted by Gasteiger charge is 2.07. The summed E-state index contributed by atoms with van der Waals surface area (Å²) in [6.45, 7) is 0. The van der Waals surface area contributed by atoms with Gasteiger partial charge in [0.2, 0.25) is 0 Å². The highest BCUT2D eigenvalue weighted by Crippen LogP contribution is 2.14. The maximum absolute atomic E-state index is 12.3. The van der Waals surface area contributed by atoms with E-state index in [9.17, 15) is 9.59 Å². The fourth-order valence-electron chi connectivity index (χ4n) is 2.65. The molecular weight excluding hydrogens is 356 g/mol. The first-order valence-electron chi connectivity index (χ1n) is 8.57. The topological polar surface area (TPSA) is 86.9 Å². The van der Waals surface area contributed by atoms with E-state index < -0.39 is 5.97 Å². The van der Waals surface area contributed by atoms with Crippen LogP contribution in [0, 0.1) is 0 Å². The number of carbonyl (C=O) groups excluding carboxylic acids is 1. The largest absolute Gasteiger partial charge is 0.478 e. The van der Waals surface area contributed by atoms with Crippen LogP contribution in [0.1, 0.15) is 26.4 Å². The van der Waals surface area contributed by atoms with Crippen molar-refractivity contribution in [3.05, 3.63) is 83.7 Å². The lowest BCUT2D eigenvalue weighted by Crippen LogP contribution is -2.18. The fraction of sp³-hybridized carbons (Fsp3) is 0.0952. The molecule has 3 rings (SSSR count). The van der Waals surface area contributed by atoms with Crippen molar-refractivity contribution in [3.8, 4) is 5.69 Å². The van der Waals surface area contributed by atoms with Crippen LogP contribution in [-0.2, 0) is 0 Å². The van der Waals surface area contributed by atoms with Gasteiger partial charge < -0.3 is 14.6 Å². The van der Waals surface area contributed by atoms with Crippen LogP contribution in [-0.4, -0.2) is 41.9 Å². The molecule has 0 fully saturated rings. The molecule has 1 aromatic heterocycles. The summed E-state index contributed by atoms with van der Waals surface area (Å²) in [7, 11) is 3.82. The lowest BCUT2D eigenvalue weighted by Gasteiger charge is -2.12. The van der Waals surface area contributed by atoms with Gasteiger partial charge in [0.05, 0.1) is 17.5 Å². The number of hydrogen-bond acceptors (Lipinski definition) is 4. The van der Waals surface area contributed by atoms with Gasteiger partial charge >= 0.3 is 5.97 Å². The number of hydrogen-bond donors (Lipinski definition) is 2. The van der Waals surface area contributed by atoms with E-state index in [4.69, 9.17) is 5.11 Å². The molecule has 0 bridgehead atoms. The van der Waals surface area contributed by atoms with Gasteiger partial charge in [-0.1, -0.05) is 6.07 Å². The van der Waals surface area contributed by atoms with Crippen molar-refractivity contribution >= 4 is 23.8 Å². The van der Waals surface area contributed by atoms with Crippen molar-refractivity contribution in [2.45, 2.75) is 0 Å². The number of anilines is 1. The number of hydrazone groups is 1. The number of benzene rings is 2. The molecule has 28 heavy (non-hydrogen) atoms. The molecular formula is C21H20N4O3. The Labute approximate surface area is 162 Å². The maximum Gasteiger partial charge on any atom is 0.335 e. The van der Waals surface area contributed by atoms with Crippen LogP contribution in [0.2, 0.25) is 0 Å². The van der Waals surface area contributed by atoms with Crippen LogP contribution in [0.4, 0.5) is 5.69 Å². The molecule has 0 saturated carbocycles. The van der Waals surface area contributed by atoms with Crippen LogP contribution >= 0.6 is 0 Å². The molecule has 3 aromatic rings. The summed E-state index contributed by atoms with van der Waals surface area (Å²) in [6, 6.07) is 17.4. The Hall–Kier alpha value is -3.87. The third kappa shape index (κ3) is 4.27. The number of carboxylic acids is 1. The van der Waals surface area contributed by atoms with E-state index in [2.05, 4.69) is 10.5 Å². The minimum absolute atomic E-state index is 0.221. The molecule has 1 amide bonds. The molecule has 0 spiro atoms. The van der Waals surface area contributed by atoms with Crippen molar-refractivity contribution in [1.29, 1.82) is 0 Å². The van der Waals surface area contributed by atoms with Gasteiger partial charge in [-0.15, -0.1) is 0 Å². The predicted molar refractivity (Wildman–Crippen MR) is 109 cm³/mol. The Morgan fingerprint density at radius 3 is 2.46 bits per heavy atom. The molecule has 7 heteroatoms. The number of carboxylic acid groups (broad SMARTS) is 1. The van der Waals surface area contributed by atoms with Crippen molar-refractivity contribution in [2.75, 3.05) is 19.0 Å². The van der Waals surface area contributed by atoms with E-state index in [1.807, 2.05) is 54.0 Å². The number of rotatable bonds is 6. The van der Waals surface area contributed by atoms with Gasteiger partial charge in [-0.2, -0.15) is 5.10 Å². The summed E-state index contributed by atoms with van der Waals surface area (Å²) < 4.78 is 1.84. The van der Waals surface area contributed by atoms with Crippen molar-refractivity contribution in [2.24, 2.45) is 5.10 Å². The normalized spacial score (nSPS) is 10.8. The van der Waals surface area contributed by atoms with Crippen LogP contribution < -0.4 is 10.3 Å². The van der Waals surface area contributed by atoms with Gasteiger partial charge in [-0.05, 0) is 54.6 Å². The highest BCUT2D eigenvalue weighted by atomic mass is 16.4. The van der Waals surface area contributed by atoms with Crippen LogP contribution in [0.5, 0.6) is 0 Å². The van der Waals surface area contributed by atoms with E-state index in [0.717, 1.165) is 17.1 Å². The summed E-state index contributed by atoms with van der Waals surface area (Å²) >= 11 is 0. The highest BCUT2D eigenvalue weighted by molar-refractivity contribution is 5.95. The second-order valence-electron chi connectivity index (χ2n) is 6.30. The molecule has 142 valence electrons. The molecule has 0 saturated heterocycles.